The van der Waals surface area contributed by atoms with Crippen LogP contribution >= 0.6 is 0 Å². The smallest absolute Gasteiger partial charge is 0.361 e. The number of esters is 2. The van der Waals surface area contributed by atoms with Crippen molar-refractivity contribution in [1.82, 2.24) is 0 Å². The molecule has 2 atom stereocenters. The van der Waals surface area contributed by atoms with Crippen LogP contribution in [0.1, 0.15) is 258 Å². The molecule has 0 heterocycles. The van der Waals surface area contributed by atoms with Crippen molar-refractivity contribution in [3.8, 4) is 0 Å². The molecule has 0 amide bonds. The van der Waals surface area contributed by atoms with Crippen LogP contribution in [-0.4, -0.2) is 87.4 Å². The Morgan fingerprint density at radius 2 is 0.581 bits per heavy atom. The van der Waals surface area contributed by atoms with Crippen LogP contribution in [0.5, 0.6) is 0 Å². The van der Waals surface area contributed by atoms with Crippen LogP contribution in [0, 0.1) is 0 Å². The highest BCUT2D eigenvalue weighted by Crippen LogP contribution is 2.15. The lowest BCUT2D eigenvalue weighted by Gasteiger charge is -2.25. The van der Waals surface area contributed by atoms with Crippen molar-refractivity contribution in [1.29, 1.82) is 0 Å². The van der Waals surface area contributed by atoms with Crippen LogP contribution in [0.4, 0.5) is 0 Å². The zero-order valence-electron chi connectivity index (χ0n) is 59.6. The Morgan fingerprint density at radius 3 is 0.860 bits per heavy atom. The molecule has 2 unspecified atom stereocenters. The van der Waals surface area contributed by atoms with Gasteiger partial charge in [0.05, 0.1) is 34.4 Å². The first kappa shape index (κ1) is 87.1. The first-order valence-corrected chi connectivity index (χ1v) is 36.6. The molecule has 522 valence electrons. The van der Waals surface area contributed by atoms with Crippen molar-refractivity contribution in [2.45, 2.75) is 270 Å². The van der Waals surface area contributed by atoms with Crippen molar-refractivity contribution < 1.29 is 42.9 Å². The Kier molecular flexibility index (Phi) is 67.4. The highest BCUT2D eigenvalue weighted by molar-refractivity contribution is 5.71. The second-order valence-corrected chi connectivity index (χ2v) is 24.8. The fourth-order valence-corrected chi connectivity index (χ4v) is 9.34. The van der Waals surface area contributed by atoms with Gasteiger partial charge in [-0.15, -0.1) is 0 Å². The van der Waals surface area contributed by atoms with Gasteiger partial charge in [-0.3, -0.25) is 9.59 Å². The Hall–Kier alpha value is -5.87. The molecule has 0 aliphatic heterocycles. The van der Waals surface area contributed by atoms with Crippen molar-refractivity contribution in [2.75, 3.05) is 47.5 Å². The van der Waals surface area contributed by atoms with Crippen LogP contribution in [-0.2, 0) is 33.3 Å². The maximum Gasteiger partial charge on any atom is 0.361 e. The van der Waals surface area contributed by atoms with Crippen LogP contribution < -0.4 is 0 Å². The Morgan fingerprint density at radius 1 is 0.323 bits per heavy atom. The molecule has 0 fully saturated rings. The maximum atomic E-state index is 13.0. The van der Waals surface area contributed by atoms with Gasteiger partial charge < -0.3 is 28.5 Å². The van der Waals surface area contributed by atoms with E-state index in [4.69, 9.17) is 18.9 Å². The summed E-state index contributed by atoms with van der Waals surface area (Å²) in [6, 6.07) is 0. The Labute approximate surface area is 570 Å². The normalized spacial score (nSPS) is 13.9. The molecule has 0 spiro atoms. The number of aliphatic carboxylic acids is 1. The third-order valence-corrected chi connectivity index (χ3v) is 14.8. The van der Waals surface area contributed by atoms with Gasteiger partial charge >= 0.3 is 17.9 Å². The minimum atomic E-state index is -1.53. The molecule has 9 nitrogen and oxygen atoms in total. The predicted molar refractivity (Wildman–Crippen MR) is 400 cm³/mol. The molecule has 0 aliphatic rings. The lowest BCUT2D eigenvalue weighted by Crippen LogP contribution is -2.40. The number of allylic oxidation sites excluding steroid dienone is 32. The average Bonchev–Trinajstić information content (AvgIpc) is 3.38. The van der Waals surface area contributed by atoms with Gasteiger partial charge in [0.15, 0.2) is 6.10 Å². The van der Waals surface area contributed by atoms with Crippen molar-refractivity contribution in [3.05, 3.63) is 194 Å². The predicted octanol–water partition coefficient (Wildman–Crippen LogP) is 23.4. The highest BCUT2D eigenvalue weighted by atomic mass is 16.7. The molecule has 93 heavy (non-hydrogen) atoms. The minimum Gasteiger partial charge on any atom is -0.477 e. The van der Waals surface area contributed by atoms with Gasteiger partial charge in [-0.05, 0) is 141 Å². The Bertz CT molecular complexity index is 2230. The number of carboxylic acids is 1. The van der Waals surface area contributed by atoms with E-state index >= 15 is 0 Å². The van der Waals surface area contributed by atoms with E-state index < -0.39 is 24.3 Å². The van der Waals surface area contributed by atoms with E-state index in [1.165, 1.54) is 70.6 Å². The maximum absolute atomic E-state index is 13.0. The lowest BCUT2D eigenvalue weighted by molar-refractivity contribution is -0.870. The quantitative estimate of drug-likeness (QED) is 0.0211. The summed E-state index contributed by atoms with van der Waals surface area (Å²) in [5.41, 5.74) is 0. The van der Waals surface area contributed by atoms with E-state index in [1.54, 1.807) is 0 Å². The summed E-state index contributed by atoms with van der Waals surface area (Å²) >= 11 is 0. The highest BCUT2D eigenvalue weighted by Gasteiger charge is 2.25. The third-order valence-electron chi connectivity index (χ3n) is 14.8. The van der Waals surface area contributed by atoms with E-state index in [0.717, 1.165) is 154 Å². The number of quaternary nitrogens is 1. The van der Waals surface area contributed by atoms with E-state index in [-0.39, 0.29) is 38.6 Å². The van der Waals surface area contributed by atoms with Gasteiger partial charge in [0.1, 0.15) is 13.2 Å². The Balaban J connectivity index is 4.20. The molecular formula is C84H134NO8+. The van der Waals surface area contributed by atoms with Crippen molar-refractivity contribution >= 4 is 17.9 Å². The summed E-state index contributed by atoms with van der Waals surface area (Å²) < 4.78 is 23.0. The summed E-state index contributed by atoms with van der Waals surface area (Å²) in [4.78, 5) is 37.7. The van der Waals surface area contributed by atoms with E-state index in [9.17, 15) is 19.5 Å². The second kappa shape index (κ2) is 72.0. The fourth-order valence-electron chi connectivity index (χ4n) is 9.34. The van der Waals surface area contributed by atoms with Gasteiger partial charge in [0.2, 0.25) is 0 Å². The fraction of sp³-hybridized carbons (Fsp3) is 0.583. The summed E-state index contributed by atoms with van der Waals surface area (Å²) in [6.45, 7) is 4.62. The molecular weight excluding hydrogens is 1150 g/mol. The van der Waals surface area contributed by atoms with Gasteiger partial charge in [0, 0.05) is 12.8 Å². The number of nitrogens with zero attached hydrogens (tertiary/aromatic N) is 1. The molecule has 0 saturated heterocycles. The first-order valence-electron chi connectivity index (χ1n) is 36.6. The molecule has 0 rings (SSSR count). The summed E-state index contributed by atoms with van der Waals surface area (Å²) in [7, 11) is 5.96. The lowest BCUT2D eigenvalue weighted by atomic mass is 10.0. The molecule has 0 radical (unpaired) electrons. The first-order chi connectivity index (χ1) is 45.6. The number of rotatable bonds is 65. The van der Waals surface area contributed by atoms with Crippen molar-refractivity contribution in [3.63, 3.8) is 0 Å². The van der Waals surface area contributed by atoms with Crippen LogP contribution in [0.25, 0.3) is 0 Å². The van der Waals surface area contributed by atoms with Crippen molar-refractivity contribution in [2.24, 2.45) is 0 Å². The summed E-state index contributed by atoms with van der Waals surface area (Å²) in [5.74, 6) is -2.04. The number of carbonyl (C=O) groups is 3. The van der Waals surface area contributed by atoms with E-state index in [0.29, 0.717) is 17.4 Å². The summed E-state index contributed by atoms with van der Waals surface area (Å²) in [5, 5.41) is 9.76. The second-order valence-electron chi connectivity index (χ2n) is 24.8. The van der Waals surface area contributed by atoms with E-state index in [2.05, 4.69) is 208 Å². The molecule has 0 aliphatic carbocycles. The zero-order chi connectivity index (χ0) is 67.5. The molecule has 0 saturated carbocycles. The third kappa shape index (κ3) is 73.4. The number of ether oxygens (including phenoxy) is 4. The van der Waals surface area contributed by atoms with Gasteiger partial charge in [0.25, 0.3) is 6.29 Å². The van der Waals surface area contributed by atoms with Gasteiger partial charge in [-0.2, -0.15) is 0 Å². The zero-order valence-corrected chi connectivity index (χ0v) is 59.6. The summed E-state index contributed by atoms with van der Waals surface area (Å²) in [6.07, 6.45) is 108. The minimum absolute atomic E-state index is 0.175. The van der Waals surface area contributed by atoms with Crippen LogP contribution in [0.3, 0.4) is 0 Å². The number of likely N-dealkylation sites (N-methyl/N-ethyl adjacent to an activating group) is 1. The number of carboxylic acid groups (broad SMARTS) is 1. The van der Waals surface area contributed by atoms with Crippen LogP contribution in [0.2, 0.25) is 0 Å². The number of hydrogen-bond donors (Lipinski definition) is 1. The molecule has 0 aromatic heterocycles. The largest absolute Gasteiger partial charge is 0.477 e. The monoisotopic (exact) mass is 1290 g/mol. The van der Waals surface area contributed by atoms with Gasteiger partial charge in [-0.25, -0.2) is 4.79 Å². The molecule has 1 N–H and O–H groups in total. The number of unbranched alkanes of at least 4 members (excludes halogenated alkanes) is 18. The molecule has 9 heteroatoms. The average molecular weight is 1290 g/mol. The molecule has 0 aromatic carbocycles. The number of carbonyl (C=O) groups excluding carboxylic acids is 2. The number of hydrogen-bond acceptors (Lipinski definition) is 7. The molecule has 0 aromatic rings. The van der Waals surface area contributed by atoms with Crippen LogP contribution in [0.15, 0.2) is 194 Å². The SMILES string of the molecule is CC/C=C\C/C=C\C/C=C\C/C=C\C/C=C\C/C=C\C/C=C\C/C=C\C/C=C\C/C=C\C/C=C\CCCCCCCCCC(=O)OC(COC(=O)CCCCCCCCCCCCC/C=C\C/C=C\C/C=C\C/C=C\C/C=C\CC)COC(OCC[N+](C)(C)C)C(=O)O. The van der Waals surface area contributed by atoms with E-state index in [1.807, 2.05) is 21.1 Å². The standard InChI is InChI=1S/C84H133NO8/c1-6-8-10-12-14-16-18-20-22-24-26-28-30-32-34-35-36-37-38-39-40-41-42-43-44-45-46-47-49-51-53-55-57-59-61-63-65-67-69-71-73-75-82(87)93-80(79-92-84(83(88)89)90-77-76-85(3,4)5)78-91-81(86)74-72-70-68-66-64-62-60-58-56-54-52-50-48-33-31-29-27-25-23-21-19-17-15-13-11-9-7-2/h8-11,14-17,20-23,26-29,32-34,36-37,39-40,42-43,45-46,48-49,51,55,57,80,84H,6-7,12-13,18-19,24-25,30-31,35,38,41,44,47,50,52-54,56,58-79H2,1-5H3/p+1/b10-8-,11-9-,16-14-,17-15-,22-20-,23-21-,28-26-,29-27-,34-32-,37-36-,40-39-,43-42-,46-45-,48-33-,51-49-,57-55-. The van der Waals surface area contributed by atoms with Gasteiger partial charge in [-0.1, -0.05) is 298 Å². The topological polar surface area (TPSA) is 108 Å². The molecule has 0 bridgehead atoms.